The van der Waals surface area contributed by atoms with Crippen molar-refractivity contribution in [2.45, 2.75) is 24.9 Å². The van der Waals surface area contributed by atoms with Crippen LogP contribution in [0.25, 0.3) is 0 Å². The fourth-order valence-corrected chi connectivity index (χ4v) is 1.61. The van der Waals surface area contributed by atoms with E-state index in [-0.39, 0.29) is 59.2 Å². The Balaban J connectivity index is 0. The van der Waals surface area contributed by atoms with Gasteiger partial charge >= 0.3 is 63.3 Å². The molecule has 2 atom stereocenters. The van der Waals surface area contributed by atoms with Crippen molar-refractivity contribution in [2.75, 3.05) is 0 Å². The van der Waals surface area contributed by atoms with Crippen LogP contribution in [0.4, 0.5) is 0 Å². The van der Waals surface area contributed by atoms with Crippen molar-refractivity contribution in [2.24, 2.45) is 5.73 Å². The summed E-state index contributed by atoms with van der Waals surface area (Å²) in [5, 5.41) is 19.9. The number of nitrogens with two attached hydrogens (primary N) is 1. The molecule has 0 bridgehead atoms. The predicted molar refractivity (Wildman–Crippen MR) is 71.1 cm³/mol. The topological polar surface area (TPSA) is 130 Å². The van der Waals surface area contributed by atoms with E-state index in [1.165, 1.54) is 0 Å². The van der Waals surface area contributed by atoms with Crippen LogP contribution in [0.1, 0.15) is 13.4 Å². The Kier molecular flexibility index (Phi) is 9.67. The Hall–Kier alpha value is -0.774. The van der Waals surface area contributed by atoms with E-state index in [0.29, 0.717) is 0 Å². The second-order valence-corrected chi connectivity index (χ2v) is 4.29. The molecule has 0 aromatic heterocycles. The van der Waals surface area contributed by atoms with E-state index in [1.54, 1.807) is 30.3 Å². The van der Waals surface area contributed by atoms with Gasteiger partial charge in [-0.1, -0.05) is 30.3 Å². The van der Waals surface area contributed by atoms with Crippen molar-refractivity contribution in [1.29, 1.82) is 0 Å². The number of benzene rings is 1. The third-order valence-electron chi connectivity index (χ3n) is 2.63. The normalized spacial score (nSPS) is 12.6. The van der Waals surface area contributed by atoms with Gasteiger partial charge in [0.2, 0.25) is 5.91 Å². The summed E-state index contributed by atoms with van der Waals surface area (Å²) in [7, 11) is 0. The minimum atomic E-state index is -1.27. The minimum absolute atomic E-state index is 0. The van der Waals surface area contributed by atoms with E-state index in [4.69, 9.17) is 15.9 Å². The molecule has 0 fully saturated rings. The first-order chi connectivity index (χ1) is 9.40. The summed E-state index contributed by atoms with van der Waals surface area (Å²) in [5.41, 5.74) is 6.12. The van der Waals surface area contributed by atoms with Crippen molar-refractivity contribution in [3.63, 3.8) is 0 Å². The zero-order chi connectivity index (χ0) is 15.1. The molecule has 0 spiro atoms. The van der Waals surface area contributed by atoms with Crippen LogP contribution < -0.4 is 62.4 Å². The van der Waals surface area contributed by atoms with E-state index in [0.717, 1.165) is 5.56 Å². The number of hydrogen-bond donors (Lipinski definition) is 4. The first-order valence-corrected chi connectivity index (χ1v) is 5.94. The van der Waals surface area contributed by atoms with Gasteiger partial charge in [0, 0.05) is 6.42 Å². The molecule has 21 heavy (non-hydrogen) atoms. The molecule has 1 amide bonds. The number of aliphatic carboxylic acids is 2. The van der Waals surface area contributed by atoms with Gasteiger partial charge in [-0.3, -0.25) is 9.59 Å². The molecule has 0 saturated heterocycles. The molecule has 7 nitrogen and oxygen atoms in total. The standard InChI is InChI=1S/C13H16N2O5.K.H/c14-9(7-11(16)17)12(18)15-10(13(19)20)6-8-4-2-1-3-5-8;;/h1-5,9-10H,6-7,14H2,(H,15,18)(H,16,17)(H,19,20);;/q;+1;-1/t9-,10-;;/m0../s1. The van der Waals surface area contributed by atoms with Gasteiger partial charge in [-0.25, -0.2) is 4.79 Å². The predicted octanol–water partition coefficient (Wildman–Crippen LogP) is -3.28. The Morgan fingerprint density at radius 1 is 1.19 bits per heavy atom. The largest absolute Gasteiger partial charge is 1.00 e. The third kappa shape index (κ3) is 7.70. The average molecular weight is 320 g/mol. The van der Waals surface area contributed by atoms with Gasteiger partial charge in [-0.05, 0) is 5.56 Å². The van der Waals surface area contributed by atoms with Crippen LogP contribution >= 0.6 is 0 Å². The number of carbonyl (C=O) groups is 3. The van der Waals surface area contributed by atoms with E-state index < -0.39 is 36.4 Å². The van der Waals surface area contributed by atoms with Gasteiger partial charge in [-0.2, -0.15) is 0 Å². The van der Waals surface area contributed by atoms with E-state index in [9.17, 15) is 14.4 Å². The molecule has 0 heterocycles. The van der Waals surface area contributed by atoms with Crippen molar-refractivity contribution < 1.29 is 77.4 Å². The zero-order valence-corrected chi connectivity index (χ0v) is 14.8. The molecular weight excluding hydrogens is 303 g/mol. The first-order valence-electron chi connectivity index (χ1n) is 5.94. The maximum Gasteiger partial charge on any atom is 1.00 e. The van der Waals surface area contributed by atoms with Crippen LogP contribution in [-0.4, -0.2) is 40.1 Å². The molecule has 0 aliphatic carbocycles. The maximum atomic E-state index is 11.6. The summed E-state index contributed by atoms with van der Waals surface area (Å²) in [5.74, 6) is -3.22. The fraction of sp³-hybridized carbons (Fsp3) is 0.308. The third-order valence-corrected chi connectivity index (χ3v) is 2.63. The monoisotopic (exact) mass is 320 g/mol. The number of hydrogen-bond acceptors (Lipinski definition) is 4. The van der Waals surface area contributed by atoms with E-state index in [1.807, 2.05) is 0 Å². The molecule has 0 radical (unpaired) electrons. The second-order valence-electron chi connectivity index (χ2n) is 4.29. The molecule has 1 aromatic rings. The number of nitrogens with one attached hydrogen (secondary N) is 1. The molecule has 1 rings (SSSR count). The SMILES string of the molecule is N[C@@H](CC(=O)O)C(=O)N[C@@H](Cc1ccccc1)C(=O)O.[H-].[K+]. The van der Waals surface area contributed by atoms with Gasteiger partial charge in [0.1, 0.15) is 6.04 Å². The van der Waals surface area contributed by atoms with Crippen LogP contribution in [0.15, 0.2) is 30.3 Å². The number of carboxylic acid groups (broad SMARTS) is 2. The quantitative estimate of drug-likeness (QED) is 0.390. The smallest absolute Gasteiger partial charge is 1.00 e. The molecule has 5 N–H and O–H groups in total. The Labute approximate surface area is 165 Å². The molecule has 1 aromatic carbocycles. The second kappa shape index (κ2) is 10.0. The summed E-state index contributed by atoms with van der Waals surface area (Å²) in [4.78, 5) is 33.2. The first kappa shape index (κ1) is 20.2. The summed E-state index contributed by atoms with van der Waals surface area (Å²) in [6.07, 6.45) is -0.453. The van der Waals surface area contributed by atoms with Gasteiger partial charge in [0.05, 0.1) is 12.5 Å². The average Bonchev–Trinajstić information content (AvgIpc) is 2.38. The molecule has 110 valence electrons. The van der Waals surface area contributed by atoms with E-state index >= 15 is 0 Å². The van der Waals surface area contributed by atoms with Crippen LogP contribution in [0.2, 0.25) is 0 Å². The van der Waals surface area contributed by atoms with Gasteiger partial charge in [-0.15, -0.1) is 0 Å². The molecule has 8 heteroatoms. The molecule has 0 saturated carbocycles. The van der Waals surface area contributed by atoms with Crippen LogP contribution in [0, 0.1) is 0 Å². The van der Waals surface area contributed by atoms with Gasteiger partial charge in [0.25, 0.3) is 0 Å². The molecule has 0 aliphatic rings. The maximum absolute atomic E-state index is 11.6. The van der Waals surface area contributed by atoms with Crippen molar-refractivity contribution in [1.82, 2.24) is 5.32 Å². The molecule has 0 unspecified atom stereocenters. The minimum Gasteiger partial charge on any atom is -1.00 e. The fourth-order valence-electron chi connectivity index (χ4n) is 1.61. The van der Waals surface area contributed by atoms with Crippen LogP contribution in [-0.2, 0) is 20.8 Å². The van der Waals surface area contributed by atoms with Crippen LogP contribution in [0.3, 0.4) is 0 Å². The van der Waals surface area contributed by atoms with Crippen molar-refractivity contribution in [3.8, 4) is 0 Å². The number of rotatable bonds is 7. The van der Waals surface area contributed by atoms with E-state index in [2.05, 4.69) is 5.32 Å². The Morgan fingerprint density at radius 2 is 1.76 bits per heavy atom. The van der Waals surface area contributed by atoms with Crippen LogP contribution in [0.5, 0.6) is 0 Å². The number of carboxylic acids is 2. The number of carbonyl (C=O) groups excluding carboxylic acids is 1. The van der Waals surface area contributed by atoms with Gasteiger partial charge in [0.15, 0.2) is 0 Å². The van der Waals surface area contributed by atoms with Crippen molar-refractivity contribution >= 4 is 17.8 Å². The molecular formula is C13H17KN2O5. The number of amides is 1. The Bertz CT molecular complexity index is 500. The zero-order valence-electron chi connectivity index (χ0n) is 12.7. The summed E-state index contributed by atoms with van der Waals surface area (Å²) in [6.45, 7) is 0. The molecule has 0 aliphatic heterocycles. The van der Waals surface area contributed by atoms with Crippen molar-refractivity contribution in [3.05, 3.63) is 35.9 Å². The van der Waals surface area contributed by atoms with Gasteiger partial charge < -0.3 is 22.7 Å². The summed E-state index contributed by atoms with van der Waals surface area (Å²) >= 11 is 0. The summed E-state index contributed by atoms with van der Waals surface area (Å²) in [6, 6.07) is 6.35. The Morgan fingerprint density at radius 3 is 2.24 bits per heavy atom. The summed E-state index contributed by atoms with van der Waals surface area (Å²) < 4.78 is 0.